The fraction of sp³-hybridized carbons (Fsp3) is 0.500. The largest absolute Gasteiger partial charge is 0.333 e. The summed E-state index contributed by atoms with van der Waals surface area (Å²) in [6.07, 6.45) is 4.44. The van der Waals surface area contributed by atoms with Crippen molar-refractivity contribution >= 4 is 17.6 Å². The highest BCUT2D eigenvalue weighted by Gasteiger charge is 2.23. The Morgan fingerprint density at radius 3 is 2.52 bits per heavy atom. The van der Waals surface area contributed by atoms with E-state index < -0.39 is 0 Å². The molecule has 6 nitrogen and oxygen atoms in total. The molecule has 0 bridgehead atoms. The van der Waals surface area contributed by atoms with Crippen molar-refractivity contribution in [3.05, 3.63) is 41.8 Å². The lowest BCUT2D eigenvalue weighted by Gasteiger charge is -2.24. The molecule has 0 radical (unpaired) electrons. The van der Waals surface area contributed by atoms with E-state index in [4.69, 9.17) is 0 Å². The van der Waals surface area contributed by atoms with E-state index in [1.807, 2.05) is 26.8 Å². The smallest absolute Gasteiger partial charge is 0.245 e. The highest BCUT2D eigenvalue weighted by molar-refractivity contribution is 5.94. The summed E-state index contributed by atoms with van der Waals surface area (Å²) >= 11 is 0. The summed E-state index contributed by atoms with van der Waals surface area (Å²) < 4.78 is 14.9. The first-order valence-electron chi connectivity index (χ1n) is 10.2. The summed E-state index contributed by atoms with van der Waals surface area (Å²) in [5.74, 6) is -0.0610. The zero-order valence-corrected chi connectivity index (χ0v) is 17.4. The van der Waals surface area contributed by atoms with Crippen molar-refractivity contribution in [3.63, 3.8) is 0 Å². The highest BCUT2D eigenvalue weighted by Crippen LogP contribution is 2.26. The van der Waals surface area contributed by atoms with Crippen molar-refractivity contribution in [3.8, 4) is 5.69 Å². The van der Waals surface area contributed by atoms with Gasteiger partial charge in [0.15, 0.2) is 0 Å². The van der Waals surface area contributed by atoms with Crippen LogP contribution in [0.4, 0.5) is 10.2 Å². The van der Waals surface area contributed by atoms with Gasteiger partial charge >= 0.3 is 0 Å². The molecule has 156 valence electrons. The van der Waals surface area contributed by atoms with E-state index in [0.29, 0.717) is 24.5 Å². The van der Waals surface area contributed by atoms with E-state index in [2.05, 4.69) is 10.4 Å². The van der Waals surface area contributed by atoms with Gasteiger partial charge < -0.3 is 10.2 Å². The Balaban J connectivity index is 1.81. The van der Waals surface area contributed by atoms with Crippen LogP contribution in [-0.4, -0.2) is 39.6 Å². The molecule has 2 aromatic rings. The SMILES string of the molecule is CC(C)(C)c1cc(NC(=O)CN2CCCCCCC2=O)n(-c2ccc(F)cc2)n1. The van der Waals surface area contributed by atoms with Gasteiger partial charge in [-0.3, -0.25) is 9.59 Å². The minimum Gasteiger partial charge on any atom is -0.333 e. The van der Waals surface area contributed by atoms with Gasteiger partial charge in [-0.15, -0.1) is 0 Å². The van der Waals surface area contributed by atoms with Gasteiger partial charge in [-0.1, -0.05) is 33.6 Å². The second-order valence-electron chi connectivity index (χ2n) is 8.58. The number of aromatic nitrogens is 2. The lowest BCUT2D eigenvalue weighted by molar-refractivity contribution is -0.135. The van der Waals surface area contributed by atoms with Crippen molar-refractivity contribution in [2.24, 2.45) is 0 Å². The monoisotopic (exact) mass is 400 g/mol. The molecule has 0 saturated carbocycles. The molecule has 2 amide bonds. The van der Waals surface area contributed by atoms with Crippen LogP contribution in [0, 0.1) is 5.82 Å². The van der Waals surface area contributed by atoms with Crippen LogP contribution >= 0.6 is 0 Å². The molecule has 0 spiro atoms. The number of halogens is 1. The Morgan fingerprint density at radius 1 is 1.14 bits per heavy atom. The van der Waals surface area contributed by atoms with Crippen LogP contribution < -0.4 is 5.32 Å². The Labute approximate surface area is 171 Å². The highest BCUT2D eigenvalue weighted by atomic mass is 19.1. The number of anilines is 1. The number of hydrogen-bond donors (Lipinski definition) is 1. The van der Waals surface area contributed by atoms with E-state index >= 15 is 0 Å². The molecule has 1 aliphatic rings. The first-order valence-corrected chi connectivity index (χ1v) is 10.2. The molecule has 29 heavy (non-hydrogen) atoms. The number of carbonyl (C=O) groups is 2. The van der Waals surface area contributed by atoms with Crippen LogP contribution in [0.1, 0.15) is 58.6 Å². The van der Waals surface area contributed by atoms with E-state index in [1.54, 1.807) is 21.7 Å². The minimum absolute atomic E-state index is 0.0261. The molecule has 2 heterocycles. The summed E-state index contributed by atoms with van der Waals surface area (Å²) in [5.41, 5.74) is 1.24. The van der Waals surface area contributed by atoms with Crippen molar-refractivity contribution in [2.45, 2.75) is 58.3 Å². The number of hydrogen-bond acceptors (Lipinski definition) is 3. The lowest BCUT2D eigenvalue weighted by atomic mass is 9.92. The molecule has 0 atom stereocenters. The average Bonchev–Trinajstić information content (AvgIpc) is 3.06. The Hall–Kier alpha value is -2.70. The Morgan fingerprint density at radius 2 is 1.83 bits per heavy atom. The third kappa shape index (κ3) is 5.43. The second-order valence-corrected chi connectivity index (χ2v) is 8.58. The first kappa shape index (κ1) is 21.0. The van der Waals surface area contributed by atoms with E-state index in [0.717, 1.165) is 31.4 Å². The maximum Gasteiger partial charge on any atom is 0.245 e. The number of carbonyl (C=O) groups excluding carboxylic acids is 2. The maximum absolute atomic E-state index is 13.3. The topological polar surface area (TPSA) is 67.2 Å². The molecule has 1 aromatic carbocycles. The van der Waals surface area contributed by atoms with Gasteiger partial charge in [-0.05, 0) is 37.1 Å². The number of likely N-dealkylation sites (tertiary alicyclic amines) is 1. The number of rotatable bonds is 4. The van der Waals surface area contributed by atoms with Gasteiger partial charge in [0, 0.05) is 24.4 Å². The molecule has 1 aliphatic heterocycles. The summed E-state index contributed by atoms with van der Waals surface area (Å²) in [6, 6.07) is 7.78. The molecule has 1 fully saturated rings. The Bertz CT molecular complexity index is 868. The third-order valence-corrected chi connectivity index (χ3v) is 5.07. The summed E-state index contributed by atoms with van der Waals surface area (Å²) in [4.78, 5) is 26.7. The number of nitrogens with one attached hydrogen (secondary N) is 1. The average molecular weight is 400 g/mol. The molecule has 0 unspecified atom stereocenters. The third-order valence-electron chi connectivity index (χ3n) is 5.07. The summed E-state index contributed by atoms with van der Waals surface area (Å²) in [7, 11) is 0. The van der Waals surface area contributed by atoms with Crippen LogP contribution in [0.5, 0.6) is 0 Å². The quantitative estimate of drug-likeness (QED) is 0.842. The number of benzene rings is 1. The van der Waals surface area contributed by atoms with Crippen LogP contribution in [-0.2, 0) is 15.0 Å². The number of amides is 2. The van der Waals surface area contributed by atoms with Gasteiger partial charge in [-0.2, -0.15) is 5.10 Å². The molecular weight excluding hydrogens is 371 g/mol. The summed E-state index contributed by atoms with van der Waals surface area (Å²) in [5, 5.41) is 7.52. The normalized spacial score (nSPS) is 15.7. The predicted octanol–water partition coefficient (Wildman–Crippen LogP) is 4.04. The zero-order chi connectivity index (χ0) is 21.0. The molecule has 1 aromatic heterocycles. The zero-order valence-electron chi connectivity index (χ0n) is 17.4. The number of nitrogens with zero attached hydrogens (tertiary/aromatic N) is 3. The van der Waals surface area contributed by atoms with Crippen molar-refractivity contribution in [1.29, 1.82) is 0 Å². The fourth-order valence-electron chi connectivity index (χ4n) is 3.35. The minimum atomic E-state index is -0.335. The van der Waals surface area contributed by atoms with Gasteiger partial charge in [-0.25, -0.2) is 9.07 Å². The van der Waals surface area contributed by atoms with Gasteiger partial charge in [0.2, 0.25) is 11.8 Å². The fourth-order valence-corrected chi connectivity index (χ4v) is 3.35. The van der Waals surface area contributed by atoms with Gasteiger partial charge in [0.25, 0.3) is 0 Å². The molecule has 3 rings (SSSR count). The van der Waals surface area contributed by atoms with Crippen molar-refractivity contribution in [2.75, 3.05) is 18.4 Å². The van der Waals surface area contributed by atoms with Gasteiger partial charge in [0.1, 0.15) is 11.6 Å². The second kappa shape index (κ2) is 8.76. The lowest BCUT2D eigenvalue weighted by Crippen LogP contribution is -2.39. The first-order chi connectivity index (χ1) is 13.7. The van der Waals surface area contributed by atoms with E-state index in [1.165, 1.54) is 12.1 Å². The maximum atomic E-state index is 13.3. The molecule has 1 N–H and O–H groups in total. The molecule has 1 saturated heterocycles. The van der Waals surface area contributed by atoms with Crippen LogP contribution in [0.2, 0.25) is 0 Å². The Kier molecular flexibility index (Phi) is 6.35. The van der Waals surface area contributed by atoms with E-state index in [9.17, 15) is 14.0 Å². The van der Waals surface area contributed by atoms with Crippen LogP contribution in [0.25, 0.3) is 5.69 Å². The molecular formula is C22H29FN4O2. The van der Waals surface area contributed by atoms with E-state index in [-0.39, 0.29) is 29.6 Å². The standard InChI is InChI=1S/C22H29FN4O2/c1-22(2,3)18-14-19(27(25-18)17-11-9-16(23)10-12-17)24-20(28)15-26-13-7-5-4-6-8-21(26)29/h9-12,14H,4-8,13,15H2,1-3H3,(H,24,28). The predicted molar refractivity (Wildman–Crippen MR) is 111 cm³/mol. The van der Waals surface area contributed by atoms with Crippen LogP contribution in [0.15, 0.2) is 30.3 Å². The summed E-state index contributed by atoms with van der Waals surface area (Å²) in [6.45, 7) is 6.74. The van der Waals surface area contributed by atoms with Crippen molar-refractivity contribution in [1.82, 2.24) is 14.7 Å². The molecule has 7 heteroatoms. The molecule has 0 aliphatic carbocycles. The van der Waals surface area contributed by atoms with Crippen molar-refractivity contribution < 1.29 is 14.0 Å². The van der Waals surface area contributed by atoms with Crippen LogP contribution in [0.3, 0.4) is 0 Å². The van der Waals surface area contributed by atoms with Gasteiger partial charge in [0.05, 0.1) is 17.9 Å².